The van der Waals surface area contributed by atoms with E-state index in [0.29, 0.717) is 94.2 Å². The molecule has 5 aromatic rings. The van der Waals surface area contributed by atoms with E-state index in [1.807, 2.05) is 67.4 Å². The highest BCUT2D eigenvalue weighted by molar-refractivity contribution is 6.39. The van der Waals surface area contributed by atoms with Gasteiger partial charge in [-0.15, -0.1) is 5.10 Å². The number of carbonyl (C=O) groups is 1. The summed E-state index contributed by atoms with van der Waals surface area (Å²) in [5, 5.41) is 22.8. The van der Waals surface area contributed by atoms with Gasteiger partial charge in [0.1, 0.15) is 0 Å². The van der Waals surface area contributed by atoms with E-state index < -0.39 is 5.60 Å². The summed E-state index contributed by atoms with van der Waals surface area (Å²) in [6.45, 7) is 8.42. The number of hydrogen-bond acceptors (Lipinski definition) is 10. The van der Waals surface area contributed by atoms with Gasteiger partial charge in [0.15, 0.2) is 17.2 Å². The summed E-state index contributed by atoms with van der Waals surface area (Å²) in [4.78, 5) is 27.8. The van der Waals surface area contributed by atoms with Crippen molar-refractivity contribution in [3.05, 3.63) is 76.3 Å². The molecule has 1 aliphatic carbocycles. The zero-order valence-electron chi connectivity index (χ0n) is 30.3. The van der Waals surface area contributed by atoms with Crippen molar-refractivity contribution in [2.45, 2.75) is 77.2 Å². The minimum absolute atomic E-state index is 0.125. The van der Waals surface area contributed by atoms with Crippen LogP contribution in [0.3, 0.4) is 0 Å². The highest BCUT2D eigenvalue weighted by Crippen LogP contribution is 2.42. The second-order valence-corrected chi connectivity index (χ2v) is 14.8. The first-order chi connectivity index (χ1) is 25.5. The van der Waals surface area contributed by atoms with Gasteiger partial charge in [0, 0.05) is 78.9 Å². The highest BCUT2D eigenvalue weighted by Gasteiger charge is 2.38. The molecule has 2 aliphatic rings. The minimum Gasteiger partial charge on any atom is -0.490 e. The fraction of sp³-hybridized carbons (Fsp3) is 0.410. The molecule has 7 rings (SSSR count). The Labute approximate surface area is 318 Å². The van der Waals surface area contributed by atoms with Crippen LogP contribution in [-0.4, -0.2) is 85.0 Å². The molecule has 53 heavy (non-hydrogen) atoms. The molecule has 3 N–H and O–H groups in total. The second kappa shape index (κ2) is 15.6. The maximum Gasteiger partial charge on any atom is 0.219 e. The molecule has 1 saturated heterocycles. The van der Waals surface area contributed by atoms with Crippen LogP contribution in [0.15, 0.2) is 54.9 Å². The standard InChI is InChI=1S/C39H44Cl2N8O4/c1-5-53-32-17-25(22-49-37(32)46-33(47-49)21-44-27-18-39(3,51)19-27)36-35(41)29(11-14-42-36)28-7-6-8-30(34(28)40)31-10-9-24(38(45-31)52-4)20-43-26-12-15-48(16-13-26)23(2)50/h6-11,14,17,22,26-27,43-44,51H,5,12-13,15-16,18-21H2,1-4H3/t27-,39-. The van der Waals surface area contributed by atoms with Crippen LogP contribution in [-0.2, 0) is 17.9 Å². The third kappa shape index (κ3) is 7.97. The number of likely N-dealkylation sites (tertiary alicyclic amines) is 1. The zero-order chi connectivity index (χ0) is 37.3. The number of pyridine rings is 3. The molecule has 1 saturated carbocycles. The Morgan fingerprint density at radius 2 is 1.74 bits per heavy atom. The van der Waals surface area contributed by atoms with Crippen molar-refractivity contribution in [3.63, 3.8) is 0 Å². The third-order valence-electron chi connectivity index (χ3n) is 10.0. The van der Waals surface area contributed by atoms with E-state index in [-0.39, 0.29) is 11.9 Å². The Balaban J connectivity index is 1.13. The Bertz CT molecular complexity index is 2120. The summed E-state index contributed by atoms with van der Waals surface area (Å²) in [6, 6.07) is 14.0. The van der Waals surface area contributed by atoms with Gasteiger partial charge in [0.2, 0.25) is 11.8 Å². The number of carbonyl (C=O) groups excluding carboxylic acids is 1. The van der Waals surface area contributed by atoms with Gasteiger partial charge in [-0.05, 0) is 57.7 Å². The number of piperidine rings is 1. The van der Waals surface area contributed by atoms with Crippen LogP contribution in [0.4, 0.5) is 0 Å². The first kappa shape index (κ1) is 37.0. The lowest BCUT2D eigenvalue weighted by Crippen LogP contribution is -2.51. The summed E-state index contributed by atoms with van der Waals surface area (Å²) < 4.78 is 13.4. The van der Waals surface area contributed by atoms with Crippen LogP contribution in [0.1, 0.15) is 57.8 Å². The van der Waals surface area contributed by atoms with E-state index >= 15 is 0 Å². The lowest BCUT2D eigenvalue weighted by Gasteiger charge is -2.41. The first-order valence-electron chi connectivity index (χ1n) is 18.0. The molecule has 14 heteroatoms. The van der Waals surface area contributed by atoms with E-state index in [9.17, 15) is 9.90 Å². The number of hydrogen-bond donors (Lipinski definition) is 3. The second-order valence-electron chi connectivity index (χ2n) is 14.0. The molecule has 278 valence electrons. The number of aliphatic hydroxyl groups is 1. The number of nitrogens with zero attached hydrogens (tertiary/aromatic N) is 6. The Kier molecular flexibility index (Phi) is 10.9. The largest absolute Gasteiger partial charge is 0.490 e. The van der Waals surface area contributed by atoms with Gasteiger partial charge in [-0.2, -0.15) is 0 Å². The van der Waals surface area contributed by atoms with Crippen molar-refractivity contribution in [2.75, 3.05) is 26.8 Å². The molecule has 0 bridgehead atoms. The van der Waals surface area contributed by atoms with Crippen molar-refractivity contribution >= 4 is 34.8 Å². The van der Waals surface area contributed by atoms with Gasteiger partial charge >= 0.3 is 0 Å². The first-order valence-corrected chi connectivity index (χ1v) is 18.7. The van der Waals surface area contributed by atoms with Crippen LogP contribution in [0, 0.1) is 0 Å². The molecule has 5 heterocycles. The number of aromatic nitrogens is 5. The maximum absolute atomic E-state index is 11.7. The molecule has 0 unspecified atom stereocenters. The van der Waals surface area contributed by atoms with Crippen molar-refractivity contribution in [3.8, 4) is 45.3 Å². The van der Waals surface area contributed by atoms with Crippen molar-refractivity contribution in [2.24, 2.45) is 0 Å². The monoisotopic (exact) mass is 758 g/mol. The normalized spacial score (nSPS) is 19.0. The zero-order valence-corrected chi connectivity index (χ0v) is 31.8. The molecular weight excluding hydrogens is 715 g/mol. The van der Waals surface area contributed by atoms with E-state index in [1.165, 1.54) is 0 Å². The average molecular weight is 760 g/mol. The van der Waals surface area contributed by atoms with Gasteiger partial charge in [0.05, 0.1) is 47.3 Å². The molecule has 12 nitrogen and oxygen atoms in total. The number of fused-ring (bicyclic) bond motifs is 1. The molecule has 2 fully saturated rings. The molecule has 1 aliphatic heterocycles. The van der Waals surface area contributed by atoms with Crippen LogP contribution in [0.5, 0.6) is 11.6 Å². The van der Waals surface area contributed by atoms with Gasteiger partial charge in [-0.1, -0.05) is 47.5 Å². The number of methoxy groups -OCH3 is 1. The summed E-state index contributed by atoms with van der Waals surface area (Å²) in [5.41, 5.74) is 5.02. The van der Waals surface area contributed by atoms with Crippen LogP contribution in [0.2, 0.25) is 10.0 Å². The van der Waals surface area contributed by atoms with E-state index in [1.54, 1.807) is 24.7 Å². The molecule has 1 amide bonds. The van der Waals surface area contributed by atoms with Crippen LogP contribution in [0.25, 0.3) is 39.3 Å². The number of rotatable bonds is 12. The van der Waals surface area contributed by atoms with Crippen molar-refractivity contribution in [1.82, 2.24) is 40.1 Å². The summed E-state index contributed by atoms with van der Waals surface area (Å²) in [7, 11) is 1.62. The number of nitrogens with one attached hydrogen (secondary N) is 2. The summed E-state index contributed by atoms with van der Waals surface area (Å²) in [5.74, 6) is 1.83. The smallest absolute Gasteiger partial charge is 0.219 e. The average Bonchev–Trinajstić information content (AvgIpc) is 3.56. The minimum atomic E-state index is -0.612. The fourth-order valence-corrected chi connectivity index (χ4v) is 7.87. The molecule has 0 radical (unpaired) electrons. The highest BCUT2D eigenvalue weighted by atomic mass is 35.5. The maximum atomic E-state index is 11.7. The predicted molar refractivity (Wildman–Crippen MR) is 205 cm³/mol. The number of amides is 1. The topological polar surface area (TPSA) is 139 Å². The fourth-order valence-electron chi connectivity index (χ4n) is 7.22. The Morgan fingerprint density at radius 3 is 2.45 bits per heavy atom. The SMILES string of the molecule is CCOc1cc(-c2nccc(-c3cccc(-c4ccc(CNC5CCN(C(C)=O)CC5)c(OC)n4)c3Cl)c2Cl)cn2nc(CN[C@H]3C[C@](C)(O)C3)nc12. The third-order valence-corrected chi connectivity index (χ3v) is 10.8. The van der Waals surface area contributed by atoms with E-state index in [2.05, 4.69) is 15.6 Å². The Morgan fingerprint density at radius 1 is 1.00 bits per heavy atom. The Hall–Kier alpha value is -4.33. The van der Waals surface area contributed by atoms with Crippen molar-refractivity contribution in [1.29, 1.82) is 0 Å². The predicted octanol–water partition coefficient (Wildman–Crippen LogP) is 6.34. The molecule has 0 atom stereocenters. The molecule has 1 aromatic carbocycles. The van der Waals surface area contributed by atoms with Gasteiger partial charge in [-0.3, -0.25) is 9.78 Å². The lowest BCUT2D eigenvalue weighted by atomic mass is 9.77. The van der Waals surface area contributed by atoms with Crippen LogP contribution < -0.4 is 20.1 Å². The van der Waals surface area contributed by atoms with Gasteiger partial charge < -0.3 is 30.1 Å². The molecule has 4 aromatic heterocycles. The van der Waals surface area contributed by atoms with Crippen molar-refractivity contribution < 1.29 is 19.4 Å². The van der Waals surface area contributed by atoms with E-state index in [4.69, 9.17) is 47.7 Å². The van der Waals surface area contributed by atoms with Gasteiger partial charge in [0.25, 0.3) is 0 Å². The van der Waals surface area contributed by atoms with E-state index in [0.717, 1.165) is 42.6 Å². The summed E-state index contributed by atoms with van der Waals surface area (Å²) in [6.07, 6.45) is 6.76. The lowest BCUT2D eigenvalue weighted by molar-refractivity contribution is -0.129. The summed E-state index contributed by atoms with van der Waals surface area (Å²) >= 11 is 14.3. The number of benzene rings is 1. The van der Waals surface area contributed by atoms with Gasteiger partial charge in [-0.25, -0.2) is 14.5 Å². The molecule has 0 spiro atoms. The number of ether oxygens (including phenoxy) is 2. The van der Waals surface area contributed by atoms with Crippen LogP contribution >= 0.6 is 23.2 Å². The quantitative estimate of drug-likeness (QED) is 0.132. The number of halogens is 2. The molecular formula is C39H44Cl2N8O4.